The van der Waals surface area contributed by atoms with E-state index >= 15 is 0 Å². The van der Waals surface area contributed by atoms with E-state index in [4.69, 9.17) is 37.0 Å². The molecule has 0 amide bonds. The minimum absolute atomic E-state index is 0.107. The minimum atomic E-state index is -4.96. The van der Waals surface area contributed by atoms with Gasteiger partial charge in [0.05, 0.1) is 26.4 Å². The Morgan fingerprint density at radius 2 is 0.408 bits per heavy atom. The lowest BCUT2D eigenvalue weighted by Crippen LogP contribution is -2.30. The Morgan fingerprint density at radius 3 is 0.602 bits per heavy atom. The summed E-state index contributed by atoms with van der Waals surface area (Å²) in [5.74, 6) is 0.993. The Labute approximate surface area is 632 Å². The van der Waals surface area contributed by atoms with Gasteiger partial charge < -0.3 is 33.8 Å². The number of ether oxygens (including phenoxy) is 4. The summed E-state index contributed by atoms with van der Waals surface area (Å²) in [7, 11) is -9.93. The lowest BCUT2D eigenvalue weighted by molar-refractivity contribution is -0.161. The van der Waals surface area contributed by atoms with Crippen LogP contribution in [0, 0.1) is 23.7 Å². The van der Waals surface area contributed by atoms with Crippen LogP contribution in [-0.4, -0.2) is 96.7 Å². The van der Waals surface area contributed by atoms with Crippen LogP contribution in [-0.2, 0) is 65.4 Å². The van der Waals surface area contributed by atoms with Crippen LogP contribution in [0.4, 0.5) is 0 Å². The first-order valence-corrected chi connectivity index (χ1v) is 46.2. The topological polar surface area (TPSA) is 237 Å². The maximum Gasteiger partial charge on any atom is 0.472 e. The van der Waals surface area contributed by atoms with Crippen molar-refractivity contribution in [3.63, 3.8) is 0 Å². The van der Waals surface area contributed by atoms with Crippen LogP contribution in [0.1, 0.15) is 434 Å². The summed E-state index contributed by atoms with van der Waals surface area (Å²) >= 11 is 0. The van der Waals surface area contributed by atoms with E-state index in [9.17, 15) is 43.2 Å². The molecule has 0 bridgehead atoms. The normalized spacial score (nSPS) is 14.0. The molecule has 0 heterocycles. The van der Waals surface area contributed by atoms with Gasteiger partial charge in [-0.3, -0.25) is 37.3 Å². The van der Waals surface area contributed by atoms with Crippen molar-refractivity contribution in [2.75, 3.05) is 39.6 Å². The molecule has 0 radical (unpaired) electrons. The van der Waals surface area contributed by atoms with Gasteiger partial charge in [-0.25, -0.2) is 9.13 Å². The molecule has 0 aromatic heterocycles. The fourth-order valence-corrected chi connectivity index (χ4v) is 14.5. The highest BCUT2D eigenvalue weighted by Gasteiger charge is 2.30. The number of hydrogen-bond acceptors (Lipinski definition) is 15. The van der Waals surface area contributed by atoms with Crippen LogP contribution in [0.25, 0.3) is 0 Å². The first-order chi connectivity index (χ1) is 49.6. The van der Waals surface area contributed by atoms with Crippen molar-refractivity contribution in [2.24, 2.45) is 23.7 Å². The van der Waals surface area contributed by atoms with Crippen LogP contribution < -0.4 is 0 Å². The molecule has 0 aromatic carbocycles. The van der Waals surface area contributed by atoms with Crippen molar-refractivity contribution >= 4 is 39.5 Å². The van der Waals surface area contributed by atoms with Gasteiger partial charge in [0.15, 0.2) is 12.2 Å². The number of hydrogen-bond donors (Lipinski definition) is 3. The third-order valence-electron chi connectivity index (χ3n) is 19.6. The largest absolute Gasteiger partial charge is 0.472 e. The van der Waals surface area contributed by atoms with Gasteiger partial charge in [-0.05, 0) is 49.4 Å². The molecule has 0 spiro atoms. The fraction of sp³-hybridized carbons (Fsp3) is 0.952. The first-order valence-electron chi connectivity index (χ1n) is 43.2. The Bertz CT molecular complexity index is 2010. The van der Waals surface area contributed by atoms with Gasteiger partial charge in [-0.15, -0.1) is 0 Å². The zero-order chi connectivity index (χ0) is 76.0. The van der Waals surface area contributed by atoms with Crippen molar-refractivity contribution in [3.8, 4) is 0 Å². The Kier molecular flexibility index (Phi) is 71.5. The number of aliphatic hydroxyl groups is 1. The second kappa shape index (κ2) is 72.9. The lowest BCUT2D eigenvalue weighted by atomic mass is 10.0. The van der Waals surface area contributed by atoms with Gasteiger partial charge in [-0.1, -0.05) is 383 Å². The fourth-order valence-electron chi connectivity index (χ4n) is 13.0. The van der Waals surface area contributed by atoms with Gasteiger partial charge in [0.1, 0.15) is 19.3 Å². The predicted octanol–water partition coefficient (Wildman–Crippen LogP) is 25.2. The van der Waals surface area contributed by atoms with Gasteiger partial charge in [0.25, 0.3) is 0 Å². The van der Waals surface area contributed by atoms with Crippen LogP contribution >= 0.6 is 15.6 Å². The number of phosphoric acid groups is 2. The number of esters is 4. The summed E-state index contributed by atoms with van der Waals surface area (Å²) in [6.07, 6.45) is 61.2. The highest BCUT2D eigenvalue weighted by atomic mass is 31.2. The van der Waals surface area contributed by atoms with E-state index in [0.717, 1.165) is 114 Å². The first kappa shape index (κ1) is 101. The average Bonchev–Trinajstić information content (AvgIpc) is 0.916. The lowest BCUT2D eigenvalue weighted by Gasteiger charge is -2.21. The Balaban J connectivity index is 5.22. The highest BCUT2D eigenvalue weighted by Crippen LogP contribution is 2.45. The number of aliphatic hydroxyl groups excluding tert-OH is 1. The molecule has 3 N–H and O–H groups in total. The van der Waals surface area contributed by atoms with Crippen molar-refractivity contribution in [1.82, 2.24) is 0 Å². The SMILES string of the molecule is CC(C)CCCCCCCCCCCCCCCCCCC(=O)OC[C@H](COP(=O)(O)OCC(O)COP(=O)(O)OC[C@@H](COC(=O)CCCCCCCCCC(C)C)OC(=O)CCCCCCCCCCCCCCCCCCC(C)C)OC(=O)CCCCCCCCCCCCCCC(C)C. The highest BCUT2D eigenvalue weighted by molar-refractivity contribution is 7.47. The van der Waals surface area contributed by atoms with Crippen LogP contribution in [0.5, 0.6) is 0 Å². The molecule has 0 aliphatic heterocycles. The summed E-state index contributed by atoms with van der Waals surface area (Å²) in [4.78, 5) is 73.1. The summed E-state index contributed by atoms with van der Waals surface area (Å²) in [5.41, 5.74) is 0. The second-order valence-corrected chi connectivity index (χ2v) is 35.0. The smallest absolute Gasteiger partial charge is 0.462 e. The van der Waals surface area contributed by atoms with E-state index in [1.54, 1.807) is 0 Å². The van der Waals surface area contributed by atoms with Crippen molar-refractivity contribution in [1.29, 1.82) is 0 Å². The number of unbranched alkanes of at least 4 members (excludes halogenated alkanes) is 47. The molecule has 17 nitrogen and oxygen atoms in total. The van der Waals surface area contributed by atoms with Gasteiger partial charge in [0.2, 0.25) is 0 Å². The monoisotopic (exact) mass is 1510 g/mol. The third kappa shape index (κ3) is 78.0. The number of rotatable bonds is 81. The predicted molar refractivity (Wildman–Crippen MR) is 423 cm³/mol. The molecular formula is C84H164O17P2. The van der Waals surface area contributed by atoms with Gasteiger partial charge >= 0.3 is 39.5 Å². The van der Waals surface area contributed by atoms with Crippen LogP contribution in [0.3, 0.4) is 0 Å². The maximum atomic E-state index is 13.1. The van der Waals surface area contributed by atoms with E-state index in [-0.39, 0.29) is 25.7 Å². The molecular weight excluding hydrogens is 1340 g/mol. The summed E-state index contributed by atoms with van der Waals surface area (Å²) in [6, 6.07) is 0. The minimum Gasteiger partial charge on any atom is -0.462 e. The number of carbonyl (C=O) groups is 4. The molecule has 0 saturated carbocycles. The Morgan fingerprint density at radius 1 is 0.243 bits per heavy atom. The van der Waals surface area contributed by atoms with E-state index in [0.29, 0.717) is 31.6 Å². The zero-order valence-corrected chi connectivity index (χ0v) is 69.7. The van der Waals surface area contributed by atoms with E-state index in [1.807, 2.05) is 0 Å². The second-order valence-electron chi connectivity index (χ2n) is 32.1. The molecule has 612 valence electrons. The molecule has 0 aliphatic rings. The molecule has 0 aliphatic carbocycles. The molecule has 5 atom stereocenters. The van der Waals surface area contributed by atoms with E-state index in [1.165, 1.54) is 231 Å². The van der Waals surface area contributed by atoms with E-state index < -0.39 is 97.5 Å². The number of phosphoric ester groups is 2. The average molecular weight is 1510 g/mol. The van der Waals surface area contributed by atoms with Gasteiger partial charge in [-0.2, -0.15) is 0 Å². The summed E-state index contributed by atoms with van der Waals surface area (Å²) < 4.78 is 68.8. The van der Waals surface area contributed by atoms with Crippen molar-refractivity contribution in [2.45, 2.75) is 453 Å². The molecule has 103 heavy (non-hydrogen) atoms. The zero-order valence-electron chi connectivity index (χ0n) is 68.0. The van der Waals surface area contributed by atoms with Crippen LogP contribution in [0.2, 0.25) is 0 Å². The molecule has 0 fully saturated rings. The standard InChI is InChI=1S/C84H164O17P2/c1-74(2)60-52-44-36-29-23-17-13-9-11-15-19-26-32-40-48-56-64-81(86)94-70-79(100-84(89)67-59-51-42-34-28-22-21-25-31-38-46-54-62-76(5)6)72-98-102(90,91)96-68-78(85)69-97-103(92,93)99-73-80(71-95-82(87)65-57-49-43-35-39-47-55-63-77(7)8)101-83(88)66-58-50-41-33-27-20-16-12-10-14-18-24-30-37-45-53-61-75(3)4/h74-80,85H,9-73H2,1-8H3,(H,90,91)(H,92,93)/t78?,79-,80-/m1/s1. The molecule has 0 aromatic rings. The Hall–Kier alpha value is -1.94. The van der Waals surface area contributed by atoms with Gasteiger partial charge in [0, 0.05) is 25.7 Å². The van der Waals surface area contributed by atoms with Crippen LogP contribution in [0.15, 0.2) is 0 Å². The molecule has 3 unspecified atom stereocenters. The summed E-state index contributed by atoms with van der Waals surface area (Å²) in [6.45, 7) is 14.3. The van der Waals surface area contributed by atoms with E-state index in [2.05, 4.69) is 55.4 Å². The quantitative estimate of drug-likeness (QED) is 0.0222. The maximum absolute atomic E-state index is 13.1. The number of carbonyl (C=O) groups excluding carboxylic acids is 4. The van der Waals surface area contributed by atoms with Crippen molar-refractivity contribution < 1.29 is 80.2 Å². The van der Waals surface area contributed by atoms with Crippen molar-refractivity contribution in [3.05, 3.63) is 0 Å². The molecule has 19 heteroatoms. The summed E-state index contributed by atoms with van der Waals surface area (Å²) in [5, 5.41) is 10.7. The molecule has 0 saturated heterocycles. The third-order valence-corrected chi connectivity index (χ3v) is 21.5. The molecule has 0 rings (SSSR count).